The number of methoxy groups -OCH3 is 2. The van der Waals surface area contributed by atoms with Crippen molar-refractivity contribution in [3.05, 3.63) is 48.5 Å². The summed E-state index contributed by atoms with van der Waals surface area (Å²) in [7, 11) is -26.2. The van der Waals surface area contributed by atoms with Crippen molar-refractivity contribution in [1.82, 2.24) is 0 Å². The van der Waals surface area contributed by atoms with Crippen LogP contribution < -0.4 is 14.8 Å². The second-order valence-corrected chi connectivity index (χ2v) is 20.8. The van der Waals surface area contributed by atoms with E-state index in [9.17, 15) is 64.7 Å². The average molecular weight is 978 g/mol. The predicted octanol–water partition coefficient (Wildman–Crippen LogP) is 3.11. The van der Waals surface area contributed by atoms with Crippen molar-refractivity contribution in [2.45, 2.75) is 19.6 Å². The molecule has 0 bridgehead atoms. The zero-order valence-electron chi connectivity index (χ0n) is 31.0. The van der Waals surface area contributed by atoms with Gasteiger partial charge in [-0.15, -0.1) is 20.5 Å². The molecule has 0 saturated heterocycles. The highest BCUT2D eigenvalue weighted by Crippen LogP contribution is 2.48. The molecule has 0 aliphatic carbocycles. The van der Waals surface area contributed by atoms with E-state index < -0.39 is 139 Å². The third-order valence-corrected chi connectivity index (χ3v) is 13.8. The minimum Gasteiger partial charge on any atom is -0.505 e. The molecule has 6 N–H and O–H groups in total. The van der Waals surface area contributed by atoms with Crippen LogP contribution >= 0.6 is 0 Å². The summed E-state index contributed by atoms with van der Waals surface area (Å²) in [4.78, 5) is -3.58. The number of benzene rings is 4. The highest BCUT2D eigenvalue weighted by molar-refractivity contribution is 7.92. The fourth-order valence-corrected chi connectivity index (χ4v) is 9.67. The molecule has 4 rings (SSSR count). The van der Waals surface area contributed by atoms with Crippen molar-refractivity contribution < 1.29 is 91.7 Å². The third-order valence-electron chi connectivity index (χ3n) is 7.79. The highest BCUT2D eigenvalue weighted by Gasteiger charge is 2.28. The maximum atomic E-state index is 13.0. The summed E-state index contributed by atoms with van der Waals surface area (Å²) in [5.41, 5.74) is -2.26. The Bertz CT molecular complexity index is 3140. The number of phenols is 1. The number of fused-ring (bicyclic) bond motifs is 1. The first-order chi connectivity index (χ1) is 28.0. The van der Waals surface area contributed by atoms with Gasteiger partial charge in [0.15, 0.2) is 25.4 Å². The Hall–Kier alpha value is -5.00. The number of anilines is 1. The third kappa shape index (κ3) is 12.1. The molecule has 0 aromatic heterocycles. The van der Waals surface area contributed by atoms with Gasteiger partial charge in [0.25, 0.3) is 20.2 Å². The summed E-state index contributed by atoms with van der Waals surface area (Å²) in [5.74, 6) is -3.78. The number of ether oxygens (including phenoxy) is 2. The first-order valence-electron chi connectivity index (χ1n) is 15.9. The van der Waals surface area contributed by atoms with Crippen LogP contribution in [0.3, 0.4) is 0 Å². The maximum Gasteiger partial charge on any atom is 0.397 e. The van der Waals surface area contributed by atoms with Crippen LogP contribution in [0.5, 0.6) is 17.2 Å². The molecule has 0 radical (unpaired) electrons. The number of rotatable bonds is 19. The number of phenolic OH excluding ortho intramolecular Hbond substituents is 1. The molecule has 61 heavy (non-hydrogen) atoms. The number of sulfone groups is 2. The summed E-state index contributed by atoms with van der Waals surface area (Å²) in [6, 6.07) is 7.10. The van der Waals surface area contributed by atoms with Crippen molar-refractivity contribution in [3.63, 3.8) is 0 Å². The fraction of sp³-hybridized carbons (Fsp3) is 0.241. The summed E-state index contributed by atoms with van der Waals surface area (Å²) in [5, 5.41) is 28.5. The SMILES string of the molecule is CNc1ccc2c(OC)c(/N=N/c3cc(S(=O)(=O)CCOS(=O)(=O)O)c(OC)cc3O)c(S(=O)(=O)O)cc2c1/N=N/c1ccc(S(=O)(=O)CCOS(=O)(=O)O)cc1S(=O)(=O)O. The lowest BCUT2D eigenvalue weighted by atomic mass is 10.0. The summed E-state index contributed by atoms with van der Waals surface area (Å²) < 4.78 is 202. The molecular formula is C29H31N5O21S6. The number of hydrogen-bond donors (Lipinski definition) is 6. The minimum absolute atomic E-state index is 0.0404. The molecule has 0 unspecified atom stereocenters. The Morgan fingerprint density at radius 2 is 1.13 bits per heavy atom. The van der Waals surface area contributed by atoms with Crippen LogP contribution in [0.4, 0.5) is 28.4 Å². The van der Waals surface area contributed by atoms with Crippen LogP contribution in [0.25, 0.3) is 10.8 Å². The normalized spacial score (nSPS) is 13.3. The Balaban J connectivity index is 1.90. The average Bonchev–Trinajstić information content (AvgIpc) is 3.13. The number of nitrogens with zero attached hydrogens (tertiary/aromatic N) is 4. The van der Waals surface area contributed by atoms with Gasteiger partial charge in [0, 0.05) is 23.9 Å². The molecule has 0 fully saturated rings. The second kappa shape index (κ2) is 18.2. The molecular weight excluding hydrogens is 947 g/mol. The Kier molecular flexibility index (Phi) is 14.5. The van der Waals surface area contributed by atoms with Gasteiger partial charge < -0.3 is 19.9 Å². The van der Waals surface area contributed by atoms with Crippen molar-refractivity contribution >= 4 is 99.9 Å². The van der Waals surface area contributed by atoms with Crippen LogP contribution in [0.15, 0.2) is 88.6 Å². The van der Waals surface area contributed by atoms with Gasteiger partial charge in [-0.2, -0.15) is 33.7 Å². The van der Waals surface area contributed by atoms with Crippen molar-refractivity contribution in [1.29, 1.82) is 0 Å². The quantitative estimate of drug-likeness (QED) is 0.0580. The van der Waals surface area contributed by atoms with E-state index in [0.29, 0.717) is 6.07 Å². The molecule has 0 amide bonds. The maximum absolute atomic E-state index is 13.0. The first kappa shape index (κ1) is 48.7. The molecule has 0 aliphatic rings. The molecule has 32 heteroatoms. The van der Waals surface area contributed by atoms with E-state index in [4.69, 9.17) is 18.6 Å². The van der Waals surface area contributed by atoms with E-state index in [-0.39, 0.29) is 22.1 Å². The van der Waals surface area contributed by atoms with E-state index in [1.165, 1.54) is 19.2 Å². The zero-order valence-corrected chi connectivity index (χ0v) is 35.9. The Morgan fingerprint density at radius 3 is 1.66 bits per heavy atom. The molecule has 4 aromatic carbocycles. The molecule has 334 valence electrons. The van der Waals surface area contributed by atoms with Gasteiger partial charge in [0.2, 0.25) is 0 Å². The van der Waals surface area contributed by atoms with E-state index in [0.717, 1.165) is 44.6 Å². The molecule has 0 spiro atoms. The van der Waals surface area contributed by atoms with Crippen LogP contribution in [0.2, 0.25) is 0 Å². The van der Waals surface area contributed by atoms with Gasteiger partial charge >= 0.3 is 20.8 Å². The largest absolute Gasteiger partial charge is 0.505 e. The smallest absolute Gasteiger partial charge is 0.397 e. The van der Waals surface area contributed by atoms with Crippen molar-refractivity contribution in [3.8, 4) is 17.2 Å². The molecule has 0 atom stereocenters. The highest BCUT2D eigenvalue weighted by atomic mass is 32.3. The van der Waals surface area contributed by atoms with Gasteiger partial charge in [0.1, 0.15) is 48.9 Å². The monoisotopic (exact) mass is 977 g/mol. The lowest BCUT2D eigenvalue weighted by Crippen LogP contribution is -2.16. The van der Waals surface area contributed by atoms with Gasteiger partial charge in [0.05, 0.1) is 49.5 Å². The summed E-state index contributed by atoms with van der Waals surface area (Å²) in [6.07, 6.45) is 0. The number of hydrogen-bond acceptors (Lipinski definition) is 22. The molecule has 0 heterocycles. The summed E-state index contributed by atoms with van der Waals surface area (Å²) in [6.45, 7) is -2.10. The fourth-order valence-electron chi connectivity index (χ4n) is 5.13. The minimum atomic E-state index is -5.31. The molecule has 26 nitrogen and oxygen atoms in total. The molecule has 4 aromatic rings. The number of aromatic hydroxyl groups is 1. The van der Waals surface area contributed by atoms with Crippen LogP contribution in [-0.2, 0) is 69.1 Å². The van der Waals surface area contributed by atoms with Crippen LogP contribution in [0, 0.1) is 0 Å². The zero-order chi connectivity index (χ0) is 45.9. The van der Waals surface area contributed by atoms with E-state index >= 15 is 0 Å². The van der Waals surface area contributed by atoms with Crippen LogP contribution in [-0.4, -0.2) is 120 Å². The standard InChI is InChI=1S/C29H31N5O21S6/c1-30-20-7-5-17-18(27(20)33-31-19-6-4-16(12-24(19)58(40,41)42)56(36,37)10-8-54-60(46,47)48)13-26(59(43,44)45)28(29(17)53-3)34-32-21-14-25(23(52-2)15-22(21)35)57(38,39)11-9-55-61(49,50)51/h4-7,12-15,30,35H,8-11H2,1-3H3,(H,40,41,42)(H,43,44,45)(H,46,47,48)(H,49,50,51)/b33-31+,34-32+. The summed E-state index contributed by atoms with van der Waals surface area (Å²) >= 11 is 0. The second-order valence-electron chi connectivity index (χ2n) is 11.7. The molecule has 0 saturated carbocycles. The van der Waals surface area contributed by atoms with Crippen LogP contribution in [0.1, 0.15) is 0 Å². The number of azo groups is 2. The lowest BCUT2D eigenvalue weighted by Gasteiger charge is -2.15. The van der Waals surface area contributed by atoms with E-state index in [1.54, 1.807) is 0 Å². The topological polar surface area (TPSA) is 404 Å². The lowest BCUT2D eigenvalue weighted by molar-refractivity contribution is 0.282. The van der Waals surface area contributed by atoms with Crippen molar-refractivity contribution in [2.24, 2.45) is 20.5 Å². The Labute approximate surface area is 347 Å². The van der Waals surface area contributed by atoms with Gasteiger partial charge in [-0.3, -0.25) is 18.2 Å². The Morgan fingerprint density at radius 1 is 0.574 bits per heavy atom. The van der Waals surface area contributed by atoms with E-state index in [2.05, 4.69) is 34.1 Å². The number of nitrogens with one attached hydrogen (secondary N) is 1. The van der Waals surface area contributed by atoms with Gasteiger partial charge in [-0.1, -0.05) is 0 Å². The van der Waals surface area contributed by atoms with Gasteiger partial charge in [-0.05, 0) is 42.5 Å². The van der Waals surface area contributed by atoms with Gasteiger partial charge in [-0.25, -0.2) is 25.2 Å². The van der Waals surface area contributed by atoms with Crippen molar-refractivity contribution in [2.75, 3.05) is 51.3 Å². The van der Waals surface area contributed by atoms with E-state index in [1.807, 2.05) is 0 Å². The first-order valence-corrected chi connectivity index (χ1v) is 24.8. The molecule has 0 aliphatic heterocycles. The predicted molar refractivity (Wildman–Crippen MR) is 208 cm³/mol.